The topological polar surface area (TPSA) is 54.9 Å². The molecule has 1 aromatic carbocycles. The second-order valence-electron chi connectivity index (χ2n) is 5.81. The first-order valence-corrected chi connectivity index (χ1v) is 7.61. The molecule has 0 amide bonds. The largest absolute Gasteiger partial charge is 0.497 e. The summed E-state index contributed by atoms with van der Waals surface area (Å²) in [4.78, 5) is 4.24. The van der Waals surface area contributed by atoms with Crippen molar-refractivity contribution in [3.8, 4) is 5.75 Å². The van der Waals surface area contributed by atoms with Crippen molar-refractivity contribution in [3.63, 3.8) is 0 Å². The molecule has 0 spiro atoms. The van der Waals surface area contributed by atoms with E-state index in [0.29, 0.717) is 0 Å². The van der Waals surface area contributed by atoms with Gasteiger partial charge < -0.3 is 20.1 Å². The second-order valence-corrected chi connectivity index (χ2v) is 5.81. The lowest BCUT2D eigenvalue weighted by molar-refractivity contribution is 0.195. The Kier molecular flexibility index (Phi) is 7.74. The van der Waals surface area contributed by atoms with E-state index in [9.17, 15) is 0 Å². The van der Waals surface area contributed by atoms with E-state index in [4.69, 9.17) is 9.47 Å². The molecule has 5 heteroatoms. The van der Waals surface area contributed by atoms with Crippen molar-refractivity contribution in [3.05, 3.63) is 29.8 Å². The minimum atomic E-state index is -0.00355. The van der Waals surface area contributed by atoms with Crippen LogP contribution in [-0.2, 0) is 10.2 Å². The molecule has 0 aromatic heterocycles. The zero-order valence-electron chi connectivity index (χ0n) is 14.4. The summed E-state index contributed by atoms with van der Waals surface area (Å²) in [7, 11) is 5.18. The van der Waals surface area contributed by atoms with Crippen molar-refractivity contribution in [1.29, 1.82) is 0 Å². The molecule has 5 nitrogen and oxygen atoms in total. The summed E-state index contributed by atoms with van der Waals surface area (Å²) in [6, 6.07) is 8.20. The maximum Gasteiger partial charge on any atom is 0.191 e. The van der Waals surface area contributed by atoms with Gasteiger partial charge >= 0.3 is 0 Å². The predicted molar refractivity (Wildman–Crippen MR) is 91.9 cm³/mol. The van der Waals surface area contributed by atoms with Crippen LogP contribution in [0.25, 0.3) is 0 Å². The minimum Gasteiger partial charge on any atom is -0.497 e. The molecular weight excluding hydrogens is 278 g/mol. The van der Waals surface area contributed by atoms with E-state index in [1.165, 1.54) is 5.56 Å². The van der Waals surface area contributed by atoms with Crippen molar-refractivity contribution in [1.82, 2.24) is 10.6 Å². The first-order chi connectivity index (χ1) is 10.5. The highest BCUT2D eigenvalue weighted by Gasteiger charge is 2.20. The van der Waals surface area contributed by atoms with Crippen molar-refractivity contribution in [2.45, 2.75) is 25.7 Å². The molecule has 1 rings (SSSR count). The lowest BCUT2D eigenvalue weighted by Gasteiger charge is -2.27. The van der Waals surface area contributed by atoms with Gasteiger partial charge in [0.1, 0.15) is 5.75 Å². The normalized spacial score (nSPS) is 12.1. The first-order valence-electron chi connectivity index (χ1n) is 7.61. The monoisotopic (exact) mass is 307 g/mol. The third kappa shape index (κ3) is 5.93. The second kappa shape index (κ2) is 9.30. The molecule has 0 aliphatic heterocycles. The van der Waals surface area contributed by atoms with Gasteiger partial charge in [-0.2, -0.15) is 0 Å². The molecule has 0 saturated heterocycles. The molecule has 0 heterocycles. The van der Waals surface area contributed by atoms with E-state index in [-0.39, 0.29) is 5.41 Å². The fourth-order valence-electron chi connectivity index (χ4n) is 2.09. The van der Waals surface area contributed by atoms with Crippen LogP contribution in [0.3, 0.4) is 0 Å². The van der Waals surface area contributed by atoms with Gasteiger partial charge in [0.2, 0.25) is 0 Å². The number of guanidine groups is 1. The van der Waals surface area contributed by atoms with Gasteiger partial charge in [0.15, 0.2) is 5.96 Å². The van der Waals surface area contributed by atoms with Gasteiger partial charge in [0.05, 0.1) is 7.11 Å². The average molecular weight is 307 g/mol. The third-order valence-electron chi connectivity index (χ3n) is 3.61. The molecular formula is C17H29N3O2. The molecule has 124 valence electrons. The number of rotatable bonds is 8. The smallest absolute Gasteiger partial charge is 0.191 e. The lowest BCUT2D eigenvalue weighted by Crippen LogP contribution is -2.43. The fraction of sp³-hybridized carbons (Fsp3) is 0.588. The summed E-state index contributed by atoms with van der Waals surface area (Å²) in [6.45, 7) is 6.81. The van der Waals surface area contributed by atoms with E-state index in [1.54, 1.807) is 21.3 Å². The molecule has 22 heavy (non-hydrogen) atoms. The van der Waals surface area contributed by atoms with E-state index in [2.05, 4.69) is 41.6 Å². The van der Waals surface area contributed by atoms with Crippen LogP contribution >= 0.6 is 0 Å². The maximum absolute atomic E-state index is 5.21. The zero-order valence-corrected chi connectivity index (χ0v) is 14.4. The van der Waals surface area contributed by atoms with Crippen molar-refractivity contribution in [2.24, 2.45) is 4.99 Å². The number of hydrogen-bond donors (Lipinski definition) is 2. The standard InChI is InChI=1S/C17H29N3O2/c1-17(2,14-7-9-15(22-5)10-8-14)13-20-16(18-3)19-11-6-12-21-4/h7-10H,6,11-13H2,1-5H3,(H2,18,19,20). The first kappa shape index (κ1) is 18.3. The molecule has 0 saturated carbocycles. The summed E-state index contributed by atoms with van der Waals surface area (Å²) >= 11 is 0. The number of aliphatic imine (C=N–C) groups is 1. The molecule has 0 fully saturated rings. The van der Waals surface area contributed by atoms with Crippen LogP contribution in [-0.4, -0.2) is 46.9 Å². The molecule has 0 aliphatic carbocycles. The van der Waals surface area contributed by atoms with Gasteiger partial charge in [0.25, 0.3) is 0 Å². The Morgan fingerprint density at radius 2 is 1.82 bits per heavy atom. The Bertz CT molecular complexity index is 455. The van der Waals surface area contributed by atoms with Crippen LogP contribution in [0.15, 0.2) is 29.3 Å². The molecule has 2 N–H and O–H groups in total. The molecule has 0 aliphatic rings. The molecule has 0 unspecified atom stereocenters. The van der Waals surface area contributed by atoms with Crippen LogP contribution in [0.1, 0.15) is 25.8 Å². The van der Waals surface area contributed by atoms with Gasteiger partial charge in [-0.1, -0.05) is 26.0 Å². The summed E-state index contributed by atoms with van der Waals surface area (Å²) in [6.07, 6.45) is 0.957. The van der Waals surface area contributed by atoms with Crippen LogP contribution in [0.2, 0.25) is 0 Å². The number of methoxy groups -OCH3 is 2. The summed E-state index contributed by atoms with van der Waals surface area (Å²) < 4.78 is 10.2. The highest BCUT2D eigenvalue weighted by atomic mass is 16.5. The van der Waals surface area contributed by atoms with E-state index >= 15 is 0 Å². The Hall–Kier alpha value is -1.75. The van der Waals surface area contributed by atoms with E-state index < -0.39 is 0 Å². The number of nitrogens with one attached hydrogen (secondary N) is 2. The van der Waals surface area contributed by atoms with Gasteiger partial charge in [-0.3, -0.25) is 4.99 Å². The minimum absolute atomic E-state index is 0.00355. The van der Waals surface area contributed by atoms with Crippen molar-refractivity contribution >= 4 is 5.96 Å². The Morgan fingerprint density at radius 3 is 2.36 bits per heavy atom. The Morgan fingerprint density at radius 1 is 1.14 bits per heavy atom. The zero-order chi connectivity index (χ0) is 16.4. The third-order valence-corrected chi connectivity index (χ3v) is 3.61. The summed E-state index contributed by atoms with van der Waals surface area (Å²) in [5.74, 6) is 1.70. The van der Waals surface area contributed by atoms with Gasteiger partial charge in [0, 0.05) is 39.3 Å². The van der Waals surface area contributed by atoms with Crippen LogP contribution in [0.4, 0.5) is 0 Å². The molecule has 0 radical (unpaired) electrons. The lowest BCUT2D eigenvalue weighted by atomic mass is 9.84. The molecule has 0 bridgehead atoms. The SMILES string of the molecule is CN=C(NCCCOC)NCC(C)(C)c1ccc(OC)cc1. The van der Waals surface area contributed by atoms with Crippen molar-refractivity contribution < 1.29 is 9.47 Å². The number of hydrogen-bond acceptors (Lipinski definition) is 3. The average Bonchev–Trinajstić information content (AvgIpc) is 2.54. The van der Waals surface area contributed by atoms with Crippen LogP contribution < -0.4 is 15.4 Å². The van der Waals surface area contributed by atoms with Gasteiger partial charge in [-0.25, -0.2) is 0 Å². The van der Waals surface area contributed by atoms with E-state index in [0.717, 1.165) is 37.8 Å². The van der Waals surface area contributed by atoms with Gasteiger partial charge in [-0.15, -0.1) is 0 Å². The quantitative estimate of drug-likeness (QED) is 0.439. The predicted octanol–water partition coefficient (Wildman–Crippen LogP) is 2.17. The number of nitrogens with zero attached hydrogens (tertiary/aromatic N) is 1. The highest BCUT2D eigenvalue weighted by Crippen LogP contribution is 2.24. The number of benzene rings is 1. The number of ether oxygens (including phenoxy) is 2. The van der Waals surface area contributed by atoms with E-state index in [1.807, 2.05) is 12.1 Å². The summed E-state index contributed by atoms with van der Waals surface area (Å²) in [5, 5.41) is 6.67. The highest BCUT2D eigenvalue weighted by molar-refractivity contribution is 5.79. The van der Waals surface area contributed by atoms with Gasteiger partial charge in [-0.05, 0) is 24.1 Å². The Balaban J connectivity index is 2.51. The van der Waals surface area contributed by atoms with Crippen molar-refractivity contribution in [2.75, 3.05) is 41.0 Å². The van der Waals surface area contributed by atoms with Crippen LogP contribution in [0.5, 0.6) is 5.75 Å². The van der Waals surface area contributed by atoms with Crippen LogP contribution in [0, 0.1) is 0 Å². The molecule has 1 aromatic rings. The molecule has 0 atom stereocenters. The Labute approximate surface area is 134 Å². The maximum atomic E-state index is 5.21. The fourth-order valence-corrected chi connectivity index (χ4v) is 2.09. The summed E-state index contributed by atoms with van der Waals surface area (Å²) in [5.41, 5.74) is 1.26.